The maximum atomic E-state index is 13.2. The summed E-state index contributed by atoms with van der Waals surface area (Å²) in [6.45, 7) is 4.32. The van der Waals surface area contributed by atoms with Gasteiger partial charge in [-0.25, -0.2) is 8.42 Å². The summed E-state index contributed by atoms with van der Waals surface area (Å²) in [6.07, 6.45) is 1.45. The van der Waals surface area contributed by atoms with E-state index in [-0.39, 0.29) is 10.8 Å². The van der Waals surface area contributed by atoms with Gasteiger partial charge in [0.2, 0.25) is 0 Å². The molecule has 0 atom stereocenters. The van der Waals surface area contributed by atoms with Crippen LogP contribution in [-0.2, 0) is 16.4 Å². The molecule has 1 amide bonds. The van der Waals surface area contributed by atoms with Gasteiger partial charge in [-0.1, -0.05) is 29.8 Å². The topological polar surface area (TPSA) is 66.5 Å². The van der Waals surface area contributed by atoms with Gasteiger partial charge in [-0.15, -0.1) is 0 Å². The van der Waals surface area contributed by atoms with Gasteiger partial charge in [0.25, 0.3) is 15.9 Å². The van der Waals surface area contributed by atoms with E-state index in [9.17, 15) is 13.2 Å². The highest BCUT2D eigenvalue weighted by molar-refractivity contribution is 7.92. The molecule has 30 heavy (non-hydrogen) atoms. The fourth-order valence-electron chi connectivity index (χ4n) is 3.72. The highest BCUT2D eigenvalue weighted by Crippen LogP contribution is 2.33. The van der Waals surface area contributed by atoms with Crippen molar-refractivity contribution in [2.45, 2.75) is 31.6 Å². The van der Waals surface area contributed by atoms with E-state index in [0.717, 1.165) is 28.8 Å². The fourth-order valence-corrected chi connectivity index (χ4v) is 5.26. The molecule has 3 aromatic rings. The summed E-state index contributed by atoms with van der Waals surface area (Å²) < 4.78 is 27.9. The first-order valence-electron chi connectivity index (χ1n) is 9.95. The van der Waals surface area contributed by atoms with E-state index in [0.29, 0.717) is 24.2 Å². The fraction of sp³-hybridized carbons (Fsp3) is 0.208. The predicted molar refractivity (Wildman–Crippen MR) is 120 cm³/mol. The van der Waals surface area contributed by atoms with Gasteiger partial charge < -0.3 is 5.32 Å². The second-order valence-corrected chi connectivity index (χ2v) is 9.52. The van der Waals surface area contributed by atoms with Crippen LogP contribution in [0.1, 0.15) is 33.5 Å². The molecule has 0 radical (unpaired) electrons. The van der Waals surface area contributed by atoms with Crippen molar-refractivity contribution in [2.75, 3.05) is 16.2 Å². The van der Waals surface area contributed by atoms with Crippen LogP contribution < -0.4 is 9.62 Å². The Morgan fingerprint density at radius 3 is 2.43 bits per heavy atom. The summed E-state index contributed by atoms with van der Waals surface area (Å²) >= 11 is 0. The average Bonchev–Trinajstić information content (AvgIpc) is 2.73. The molecule has 1 aliphatic heterocycles. The van der Waals surface area contributed by atoms with Crippen LogP contribution in [0.5, 0.6) is 0 Å². The summed E-state index contributed by atoms with van der Waals surface area (Å²) in [7, 11) is -3.65. The average molecular weight is 421 g/mol. The number of anilines is 2. The van der Waals surface area contributed by atoms with Gasteiger partial charge in [0.1, 0.15) is 0 Å². The number of hydrogen-bond acceptors (Lipinski definition) is 3. The molecule has 1 aliphatic rings. The molecule has 0 unspecified atom stereocenters. The molecule has 5 nitrogen and oxygen atoms in total. The maximum absolute atomic E-state index is 13.2. The van der Waals surface area contributed by atoms with Gasteiger partial charge in [0, 0.05) is 17.8 Å². The monoisotopic (exact) mass is 420 g/mol. The lowest BCUT2D eigenvalue weighted by Crippen LogP contribution is -2.35. The van der Waals surface area contributed by atoms with Crippen molar-refractivity contribution in [1.29, 1.82) is 0 Å². The number of hydrogen-bond donors (Lipinski definition) is 1. The number of benzene rings is 3. The quantitative estimate of drug-likeness (QED) is 0.665. The number of aryl methyl sites for hydroxylation is 3. The summed E-state index contributed by atoms with van der Waals surface area (Å²) in [5.74, 6) is -0.207. The van der Waals surface area contributed by atoms with Gasteiger partial charge in [0.05, 0.1) is 10.6 Å². The second kappa shape index (κ2) is 7.95. The standard InChI is InChI=1S/C24H24N2O3S/c1-17-8-11-22(12-9-17)30(28,29)26-14-4-6-19-16-20(10-13-23(19)26)24(27)25-21-7-3-5-18(2)15-21/h3,5,7-13,15-16H,4,6,14H2,1-2H3,(H,25,27). The van der Waals surface area contributed by atoms with Crippen molar-refractivity contribution in [3.63, 3.8) is 0 Å². The van der Waals surface area contributed by atoms with Crippen molar-refractivity contribution < 1.29 is 13.2 Å². The van der Waals surface area contributed by atoms with E-state index in [2.05, 4.69) is 5.32 Å². The lowest BCUT2D eigenvalue weighted by Gasteiger charge is -2.30. The molecule has 154 valence electrons. The van der Waals surface area contributed by atoms with Gasteiger partial charge in [-0.3, -0.25) is 9.10 Å². The molecule has 0 fully saturated rings. The Balaban J connectivity index is 1.62. The second-order valence-electron chi connectivity index (χ2n) is 7.66. The minimum Gasteiger partial charge on any atom is -0.322 e. The summed E-state index contributed by atoms with van der Waals surface area (Å²) in [5, 5.41) is 2.91. The number of nitrogens with zero attached hydrogens (tertiary/aromatic N) is 1. The first-order valence-corrected chi connectivity index (χ1v) is 11.4. The zero-order valence-corrected chi connectivity index (χ0v) is 17.9. The number of carbonyl (C=O) groups excluding carboxylic acids is 1. The first-order chi connectivity index (χ1) is 14.3. The zero-order chi connectivity index (χ0) is 21.3. The summed E-state index contributed by atoms with van der Waals surface area (Å²) in [4.78, 5) is 13.0. The van der Waals surface area contributed by atoms with Crippen molar-refractivity contribution in [3.8, 4) is 0 Å². The molecule has 0 saturated heterocycles. The molecule has 1 N–H and O–H groups in total. The molecule has 0 bridgehead atoms. The molecular formula is C24H24N2O3S. The normalized spacial score (nSPS) is 13.6. The first kappa shape index (κ1) is 20.2. The van der Waals surface area contributed by atoms with Crippen LogP contribution in [-0.4, -0.2) is 20.9 Å². The Labute approximate surface area is 177 Å². The van der Waals surface area contributed by atoms with Crippen molar-refractivity contribution in [1.82, 2.24) is 0 Å². The Morgan fingerprint density at radius 2 is 1.70 bits per heavy atom. The number of nitrogens with one attached hydrogen (secondary N) is 1. The molecule has 0 saturated carbocycles. The number of sulfonamides is 1. The van der Waals surface area contributed by atoms with Gasteiger partial charge >= 0.3 is 0 Å². The lowest BCUT2D eigenvalue weighted by atomic mass is 10.0. The maximum Gasteiger partial charge on any atom is 0.264 e. The third-order valence-corrected chi connectivity index (χ3v) is 7.13. The largest absolute Gasteiger partial charge is 0.322 e. The third-order valence-electron chi connectivity index (χ3n) is 5.30. The third kappa shape index (κ3) is 3.96. The SMILES string of the molecule is Cc1ccc(S(=O)(=O)N2CCCc3cc(C(=O)Nc4cccc(C)c4)ccc32)cc1. The Hall–Kier alpha value is -3.12. The van der Waals surface area contributed by atoms with Crippen LogP contribution >= 0.6 is 0 Å². The van der Waals surface area contributed by atoms with Gasteiger partial charge in [0.15, 0.2) is 0 Å². The number of fused-ring (bicyclic) bond motifs is 1. The van der Waals surface area contributed by atoms with Crippen LogP contribution in [0.15, 0.2) is 71.6 Å². The molecule has 3 aromatic carbocycles. The highest BCUT2D eigenvalue weighted by Gasteiger charge is 2.29. The highest BCUT2D eigenvalue weighted by atomic mass is 32.2. The van der Waals surface area contributed by atoms with Crippen LogP contribution in [0.3, 0.4) is 0 Å². The minimum absolute atomic E-state index is 0.207. The Kier molecular flexibility index (Phi) is 5.35. The lowest BCUT2D eigenvalue weighted by molar-refractivity contribution is 0.102. The van der Waals surface area contributed by atoms with E-state index < -0.39 is 10.0 Å². The van der Waals surface area contributed by atoms with Crippen LogP contribution in [0.4, 0.5) is 11.4 Å². The number of rotatable bonds is 4. The Morgan fingerprint density at radius 1 is 0.933 bits per heavy atom. The number of carbonyl (C=O) groups is 1. The molecule has 4 rings (SSSR count). The molecule has 0 aromatic heterocycles. The zero-order valence-electron chi connectivity index (χ0n) is 17.1. The molecule has 0 spiro atoms. The van der Waals surface area contributed by atoms with Gasteiger partial charge in [-0.2, -0.15) is 0 Å². The van der Waals surface area contributed by atoms with Crippen molar-refractivity contribution >= 4 is 27.3 Å². The predicted octanol–water partition coefficient (Wildman–Crippen LogP) is 4.70. The van der Waals surface area contributed by atoms with E-state index in [4.69, 9.17) is 0 Å². The van der Waals surface area contributed by atoms with Crippen LogP contribution in [0.25, 0.3) is 0 Å². The van der Waals surface area contributed by atoms with E-state index in [1.165, 1.54) is 4.31 Å². The van der Waals surface area contributed by atoms with Crippen LogP contribution in [0.2, 0.25) is 0 Å². The molecule has 1 heterocycles. The minimum atomic E-state index is -3.65. The van der Waals surface area contributed by atoms with Crippen molar-refractivity contribution in [2.24, 2.45) is 0 Å². The van der Waals surface area contributed by atoms with E-state index in [1.807, 2.05) is 38.1 Å². The van der Waals surface area contributed by atoms with Crippen LogP contribution in [0, 0.1) is 13.8 Å². The Bertz CT molecular complexity index is 1200. The molecule has 6 heteroatoms. The van der Waals surface area contributed by atoms with E-state index >= 15 is 0 Å². The smallest absolute Gasteiger partial charge is 0.264 e. The van der Waals surface area contributed by atoms with E-state index in [1.54, 1.807) is 42.5 Å². The van der Waals surface area contributed by atoms with Crippen molar-refractivity contribution in [3.05, 3.63) is 89.0 Å². The summed E-state index contributed by atoms with van der Waals surface area (Å²) in [6, 6.07) is 19.7. The number of amides is 1. The summed E-state index contributed by atoms with van der Waals surface area (Å²) in [5.41, 5.74) is 4.85. The molecule has 0 aliphatic carbocycles. The van der Waals surface area contributed by atoms with Gasteiger partial charge in [-0.05, 0) is 80.3 Å². The molecular weight excluding hydrogens is 396 g/mol.